The van der Waals surface area contributed by atoms with Gasteiger partial charge in [-0.05, 0) is 76.1 Å². The number of carbonyl (C=O) groups excluding carboxylic acids is 1. The van der Waals surface area contributed by atoms with E-state index in [0.29, 0.717) is 24.3 Å². The maximum Gasteiger partial charge on any atom is 0.316 e. The van der Waals surface area contributed by atoms with Gasteiger partial charge in [-0.3, -0.25) is 14.1 Å². The first kappa shape index (κ1) is 26.7. The van der Waals surface area contributed by atoms with Gasteiger partial charge in [0.15, 0.2) is 11.6 Å². The third kappa shape index (κ3) is 6.14. The van der Waals surface area contributed by atoms with Crippen molar-refractivity contribution < 1.29 is 23.0 Å². The van der Waals surface area contributed by atoms with E-state index in [1.807, 2.05) is 18.2 Å². The van der Waals surface area contributed by atoms with E-state index in [9.17, 15) is 9.18 Å². The van der Waals surface area contributed by atoms with Crippen LogP contribution < -0.4 is 9.47 Å². The molecule has 5 nitrogen and oxygen atoms in total. The van der Waals surface area contributed by atoms with Crippen molar-refractivity contribution in [3.63, 3.8) is 0 Å². The number of carbonyl (C=O) groups is 1. The number of hydrogen-bond acceptors (Lipinski definition) is 5. The van der Waals surface area contributed by atoms with Crippen LogP contribution in [0, 0.1) is 11.2 Å². The number of rotatable bonds is 7. The van der Waals surface area contributed by atoms with Crippen molar-refractivity contribution in [2.75, 3.05) is 26.3 Å². The summed E-state index contributed by atoms with van der Waals surface area (Å²) in [5.41, 5.74) is 2.31. The van der Waals surface area contributed by atoms with Crippen LogP contribution in [0.4, 0.5) is 8.78 Å². The zero-order valence-electron chi connectivity index (χ0n) is 21.1. The normalized spacial score (nSPS) is 18.7. The van der Waals surface area contributed by atoms with Crippen molar-refractivity contribution in [3.05, 3.63) is 57.5 Å². The summed E-state index contributed by atoms with van der Waals surface area (Å²) in [6.45, 7) is 7.34. The van der Waals surface area contributed by atoms with E-state index >= 15 is 4.39 Å². The lowest BCUT2D eigenvalue weighted by atomic mass is 9.94. The molecule has 0 bridgehead atoms. The molecule has 0 radical (unpaired) electrons. The van der Waals surface area contributed by atoms with Crippen LogP contribution in [-0.4, -0.2) is 48.3 Å². The van der Waals surface area contributed by atoms with E-state index in [4.69, 9.17) is 9.47 Å². The van der Waals surface area contributed by atoms with E-state index in [1.54, 1.807) is 27.0 Å². The molecule has 2 heterocycles. The second-order valence-corrected chi connectivity index (χ2v) is 11.4. The lowest BCUT2D eigenvalue weighted by molar-refractivity contribution is -0.143. The summed E-state index contributed by atoms with van der Waals surface area (Å²) < 4.78 is 40.4. The highest BCUT2D eigenvalue weighted by molar-refractivity contribution is 9.11. The first-order valence-corrected chi connectivity index (χ1v) is 13.3. The van der Waals surface area contributed by atoms with Gasteiger partial charge in [0.1, 0.15) is 6.10 Å². The molecule has 1 aliphatic heterocycles. The van der Waals surface area contributed by atoms with Crippen molar-refractivity contribution in [2.45, 2.75) is 59.0 Å². The molecule has 4 rings (SSSR count). The highest BCUT2D eigenvalue weighted by Gasteiger charge is 2.28. The first-order chi connectivity index (χ1) is 17.2. The van der Waals surface area contributed by atoms with Crippen LogP contribution in [0.25, 0.3) is 5.57 Å². The lowest BCUT2D eigenvalue weighted by Gasteiger charge is -2.19. The first-order valence-electron chi connectivity index (χ1n) is 12.5. The van der Waals surface area contributed by atoms with Gasteiger partial charge in [-0.2, -0.15) is 0 Å². The second-order valence-electron chi connectivity index (χ2n) is 10.4. The number of pyridine rings is 1. The Bertz CT molecular complexity index is 1130. The van der Waals surface area contributed by atoms with Gasteiger partial charge in [-0.15, -0.1) is 0 Å². The topological polar surface area (TPSA) is 51.7 Å². The van der Waals surface area contributed by atoms with Crippen LogP contribution in [0.1, 0.15) is 63.1 Å². The number of ether oxygens (including phenoxy) is 2. The molecule has 1 saturated heterocycles. The Balaban J connectivity index is 1.54. The van der Waals surface area contributed by atoms with E-state index in [1.165, 1.54) is 6.07 Å². The summed E-state index contributed by atoms with van der Waals surface area (Å²) in [4.78, 5) is 19.1. The van der Waals surface area contributed by atoms with Crippen LogP contribution >= 0.6 is 15.9 Å². The molecule has 1 aromatic carbocycles. The molecule has 2 aromatic rings. The third-order valence-corrected chi connectivity index (χ3v) is 7.33. The molecule has 1 aliphatic carbocycles. The number of hydrogen-bond donors (Lipinski definition) is 0. The van der Waals surface area contributed by atoms with E-state index < -0.39 is 17.2 Å². The van der Waals surface area contributed by atoms with Gasteiger partial charge in [-0.25, -0.2) is 9.37 Å². The number of halogens is 3. The molecule has 1 aromatic heterocycles. The Morgan fingerprint density at radius 1 is 1.22 bits per heavy atom. The molecule has 0 amide bonds. The molecule has 36 heavy (non-hydrogen) atoms. The van der Waals surface area contributed by atoms with Crippen LogP contribution in [0.2, 0.25) is 0 Å². The standard InChI is InChI=1S/C28H33BrF2N2O3/c1-28(2,3)27(34)36-23-10-9-20-21(26(23)31)6-4-7-22(29)25(20)18-8-11-24(32-16-18)35-19-12-15-33(17-19)14-5-13-30/h8-11,16,19H,4-7,12-15,17H2,1-3H3. The summed E-state index contributed by atoms with van der Waals surface area (Å²) >= 11 is 3.72. The number of esters is 1. The number of aromatic nitrogens is 1. The van der Waals surface area contributed by atoms with Gasteiger partial charge in [0.2, 0.25) is 5.88 Å². The van der Waals surface area contributed by atoms with Crippen molar-refractivity contribution >= 4 is 27.5 Å². The molecule has 194 valence electrons. The number of alkyl halides is 1. The quantitative estimate of drug-likeness (QED) is 0.285. The molecular formula is C28H33BrF2N2O3. The minimum Gasteiger partial charge on any atom is -0.473 e. The van der Waals surface area contributed by atoms with Crippen molar-refractivity contribution in [1.29, 1.82) is 0 Å². The van der Waals surface area contributed by atoms with Gasteiger partial charge in [0.05, 0.1) is 12.1 Å². The van der Waals surface area contributed by atoms with Gasteiger partial charge in [-0.1, -0.05) is 22.0 Å². The SMILES string of the molecule is CC(C)(C)C(=O)Oc1ccc2c(c1F)CCCC(Br)=C2c1ccc(OC2CCN(CCCF)C2)nc1. The number of nitrogens with zero attached hydrogens (tertiary/aromatic N) is 2. The van der Waals surface area contributed by atoms with E-state index in [2.05, 4.69) is 25.8 Å². The van der Waals surface area contributed by atoms with E-state index in [0.717, 1.165) is 60.1 Å². The maximum absolute atomic E-state index is 15.5. The molecule has 1 fully saturated rings. The molecule has 8 heteroatoms. The van der Waals surface area contributed by atoms with E-state index in [-0.39, 0.29) is 18.5 Å². The van der Waals surface area contributed by atoms with Crippen LogP contribution in [0.5, 0.6) is 11.6 Å². The lowest BCUT2D eigenvalue weighted by Crippen LogP contribution is -2.26. The number of benzene rings is 1. The summed E-state index contributed by atoms with van der Waals surface area (Å²) in [5.74, 6) is -0.460. The maximum atomic E-state index is 15.5. The Kier molecular flexibility index (Phi) is 8.45. The van der Waals surface area contributed by atoms with Gasteiger partial charge in [0.25, 0.3) is 0 Å². The average molecular weight is 563 g/mol. The molecule has 0 saturated carbocycles. The fourth-order valence-corrected chi connectivity index (χ4v) is 5.29. The van der Waals surface area contributed by atoms with Crippen molar-refractivity contribution in [2.24, 2.45) is 5.41 Å². The smallest absolute Gasteiger partial charge is 0.316 e. The number of likely N-dealkylation sites (tertiary alicyclic amines) is 1. The average Bonchev–Trinajstić information content (AvgIpc) is 3.21. The monoisotopic (exact) mass is 562 g/mol. The Morgan fingerprint density at radius 2 is 2.03 bits per heavy atom. The van der Waals surface area contributed by atoms with Gasteiger partial charge < -0.3 is 9.47 Å². The largest absolute Gasteiger partial charge is 0.473 e. The molecule has 1 unspecified atom stereocenters. The number of fused-ring (bicyclic) bond motifs is 1. The highest BCUT2D eigenvalue weighted by atomic mass is 79.9. The van der Waals surface area contributed by atoms with Gasteiger partial charge >= 0.3 is 5.97 Å². The Morgan fingerprint density at radius 3 is 2.72 bits per heavy atom. The van der Waals surface area contributed by atoms with Crippen LogP contribution in [0.15, 0.2) is 34.9 Å². The molecule has 1 atom stereocenters. The Hall–Kier alpha value is -2.32. The summed E-state index contributed by atoms with van der Waals surface area (Å²) in [5, 5.41) is 0. The predicted molar refractivity (Wildman–Crippen MR) is 140 cm³/mol. The minimum absolute atomic E-state index is 0.0370. The third-order valence-electron chi connectivity index (χ3n) is 6.54. The second kappa shape index (κ2) is 11.4. The van der Waals surface area contributed by atoms with Gasteiger partial charge in [0, 0.05) is 47.5 Å². The molecule has 2 aliphatic rings. The predicted octanol–water partition coefficient (Wildman–Crippen LogP) is 6.48. The summed E-state index contributed by atoms with van der Waals surface area (Å²) in [6, 6.07) is 7.13. The van der Waals surface area contributed by atoms with Crippen molar-refractivity contribution in [3.8, 4) is 11.6 Å². The molecule has 0 N–H and O–H groups in total. The molecular weight excluding hydrogens is 530 g/mol. The fourth-order valence-electron chi connectivity index (χ4n) is 4.56. The van der Waals surface area contributed by atoms with Crippen LogP contribution in [-0.2, 0) is 11.2 Å². The fraction of sp³-hybridized carbons (Fsp3) is 0.500. The molecule has 0 spiro atoms. The van der Waals surface area contributed by atoms with Crippen LogP contribution in [0.3, 0.4) is 0 Å². The Labute approximate surface area is 220 Å². The zero-order chi connectivity index (χ0) is 25.9. The number of allylic oxidation sites excluding steroid dienone is 1. The highest BCUT2D eigenvalue weighted by Crippen LogP contribution is 2.40. The summed E-state index contributed by atoms with van der Waals surface area (Å²) in [7, 11) is 0. The minimum atomic E-state index is -0.728. The summed E-state index contributed by atoms with van der Waals surface area (Å²) in [6.07, 6.45) is 5.29. The van der Waals surface area contributed by atoms with Crippen molar-refractivity contribution in [1.82, 2.24) is 9.88 Å². The zero-order valence-corrected chi connectivity index (χ0v) is 22.7.